The van der Waals surface area contributed by atoms with Crippen molar-refractivity contribution in [3.05, 3.63) is 92.8 Å². The maximum Gasteiger partial charge on any atom is 0.294 e. The Bertz CT molecular complexity index is 1410. The standard InChI is InChI=1S/C28H25ClN2O5S/c1-17-8-9-18(2)22(12-17)30-26(32)15-31-27(33)25(37-28(31)34)14-19-10-11-23(24(13-19)35-3)36-16-20-6-4-5-7-21(20)29/h4-14H,15-16H2,1-3H3,(H,30,32)/b25-14+. The molecule has 1 saturated heterocycles. The molecular weight excluding hydrogens is 512 g/mol. The van der Waals surface area contributed by atoms with Crippen LogP contribution in [0.2, 0.25) is 5.02 Å². The molecule has 9 heteroatoms. The monoisotopic (exact) mass is 536 g/mol. The van der Waals surface area contributed by atoms with E-state index in [1.165, 1.54) is 7.11 Å². The summed E-state index contributed by atoms with van der Waals surface area (Å²) in [6, 6.07) is 18.3. The number of carbonyl (C=O) groups excluding carboxylic acids is 3. The van der Waals surface area contributed by atoms with Crippen molar-refractivity contribution in [3.63, 3.8) is 0 Å². The van der Waals surface area contributed by atoms with Crippen LogP contribution in [0.4, 0.5) is 10.5 Å². The summed E-state index contributed by atoms with van der Waals surface area (Å²) in [4.78, 5) is 39.1. The molecular formula is C28H25ClN2O5S. The number of nitrogens with zero attached hydrogens (tertiary/aromatic N) is 1. The lowest BCUT2D eigenvalue weighted by molar-refractivity contribution is -0.127. The van der Waals surface area contributed by atoms with Gasteiger partial charge in [0.2, 0.25) is 5.91 Å². The molecule has 3 aromatic carbocycles. The number of imide groups is 1. The summed E-state index contributed by atoms with van der Waals surface area (Å²) in [6.45, 7) is 3.69. The smallest absolute Gasteiger partial charge is 0.294 e. The van der Waals surface area contributed by atoms with E-state index in [4.69, 9.17) is 21.1 Å². The van der Waals surface area contributed by atoms with Gasteiger partial charge < -0.3 is 14.8 Å². The summed E-state index contributed by atoms with van der Waals surface area (Å²) in [6.07, 6.45) is 1.59. The SMILES string of the molecule is COc1cc(/C=C2/SC(=O)N(CC(=O)Nc3cc(C)ccc3C)C2=O)ccc1OCc1ccccc1Cl. The Hall–Kier alpha value is -3.75. The van der Waals surface area contributed by atoms with Crippen LogP contribution in [0.15, 0.2) is 65.6 Å². The molecule has 0 spiro atoms. The molecule has 1 heterocycles. The molecule has 3 aromatic rings. The average Bonchev–Trinajstić information content (AvgIpc) is 3.13. The second-order valence-corrected chi connectivity index (χ2v) is 9.83. The van der Waals surface area contributed by atoms with E-state index in [0.717, 1.165) is 33.4 Å². The van der Waals surface area contributed by atoms with Crippen molar-refractivity contribution < 1.29 is 23.9 Å². The maximum absolute atomic E-state index is 12.9. The van der Waals surface area contributed by atoms with E-state index >= 15 is 0 Å². The Labute approximate surface area is 224 Å². The fourth-order valence-corrected chi connectivity index (χ4v) is 4.68. The first kappa shape index (κ1) is 26.3. The normalized spacial score (nSPS) is 14.3. The second kappa shape index (κ2) is 11.5. The number of hydrogen-bond acceptors (Lipinski definition) is 6. The van der Waals surface area contributed by atoms with E-state index in [0.29, 0.717) is 27.8 Å². The van der Waals surface area contributed by atoms with Gasteiger partial charge in [0.15, 0.2) is 11.5 Å². The Morgan fingerprint density at radius 3 is 2.59 bits per heavy atom. The lowest BCUT2D eigenvalue weighted by Crippen LogP contribution is -2.36. The highest BCUT2D eigenvalue weighted by Crippen LogP contribution is 2.35. The number of ether oxygens (including phenoxy) is 2. The minimum atomic E-state index is -0.524. The third-order valence-electron chi connectivity index (χ3n) is 5.67. The Morgan fingerprint density at radius 1 is 1.05 bits per heavy atom. The van der Waals surface area contributed by atoms with Crippen LogP contribution in [0.1, 0.15) is 22.3 Å². The number of anilines is 1. The van der Waals surface area contributed by atoms with Crippen molar-refractivity contribution in [1.29, 1.82) is 0 Å². The molecule has 4 rings (SSSR count). The summed E-state index contributed by atoms with van der Waals surface area (Å²) in [5.74, 6) is 0.00629. The number of hydrogen-bond donors (Lipinski definition) is 1. The Balaban J connectivity index is 1.44. The quantitative estimate of drug-likeness (QED) is 0.344. The van der Waals surface area contributed by atoms with Crippen LogP contribution in [0.5, 0.6) is 11.5 Å². The Kier molecular flexibility index (Phi) is 8.21. The zero-order chi connectivity index (χ0) is 26.5. The number of rotatable bonds is 8. The first-order valence-corrected chi connectivity index (χ1v) is 12.6. The van der Waals surface area contributed by atoms with Crippen molar-refractivity contribution in [2.24, 2.45) is 0 Å². The predicted octanol–water partition coefficient (Wildman–Crippen LogP) is 6.22. The number of amides is 3. The lowest BCUT2D eigenvalue weighted by atomic mass is 10.1. The zero-order valence-corrected chi connectivity index (χ0v) is 22.1. The van der Waals surface area contributed by atoms with E-state index in [9.17, 15) is 14.4 Å². The van der Waals surface area contributed by atoms with E-state index in [1.54, 1.807) is 30.3 Å². The number of methoxy groups -OCH3 is 1. The summed E-state index contributed by atoms with van der Waals surface area (Å²) < 4.78 is 11.3. The Morgan fingerprint density at radius 2 is 1.84 bits per heavy atom. The zero-order valence-electron chi connectivity index (χ0n) is 20.5. The number of nitrogens with one attached hydrogen (secondary N) is 1. The number of carbonyl (C=O) groups is 3. The molecule has 1 fully saturated rings. The third-order valence-corrected chi connectivity index (χ3v) is 6.95. The van der Waals surface area contributed by atoms with Gasteiger partial charge in [0.1, 0.15) is 13.2 Å². The largest absolute Gasteiger partial charge is 0.493 e. The first-order valence-electron chi connectivity index (χ1n) is 11.4. The van der Waals surface area contributed by atoms with Gasteiger partial charge in [0, 0.05) is 16.3 Å². The summed E-state index contributed by atoms with van der Waals surface area (Å²) in [5, 5.41) is 2.89. The minimum absolute atomic E-state index is 0.219. The van der Waals surface area contributed by atoms with Crippen molar-refractivity contribution in [1.82, 2.24) is 4.90 Å². The van der Waals surface area contributed by atoms with Crippen molar-refractivity contribution >= 4 is 52.2 Å². The minimum Gasteiger partial charge on any atom is -0.493 e. The van der Waals surface area contributed by atoms with Gasteiger partial charge in [-0.15, -0.1) is 0 Å². The van der Waals surface area contributed by atoms with Crippen LogP contribution < -0.4 is 14.8 Å². The van der Waals surface area contributed by atoms with Crippen LogP contribution in [0.3, 0.4) is 0 Å². The predicted molar refractivity (Wildman–Crippen MR) is 146 cm³/mol. The van der Waals surface area contributed by atoms with Gasteiger partial charge >= 0.3 is 0 Å². The van der Waals surface area contributed by atoms with Gasteiger partial charge in [-0.05, 0) is 72.6 Å². The van der Waals surface area contributed by atoms with Crippen LogP contribution in [-0.2, 0) is 16.2 Å². The van der Waals surface area contributed by atoms with Crippen LogP contribution in [0.25, 0.3) is 6.08 Å². The second-order valence-electron chi connectivity index (χ2n) is 8.42. The molecule has 1 aliphatic rings. The summed E-state index contributed by atoms with van der Waals surface area (Å²) >= 11 is 6.99. The topological polar surface area (TPSA) is 84.9 Å². The fraction of sp³-hybridized carbons (Fsp3) is 0.179. The highest BCUT2D eigenvalue weighted by molar-refractivity contribution is 8.18. The van der Waals surface area contributed by atoms with Crippen LogP contribution in [-0.4, -0.2) is 35.6 Å². The van der Waals surface area contributed by atoms with Gasteiger partial charge in [-0.1, -0.05) is 48.0 Å². The highest BCUT2D eigenvalue weighted by atomic mass is 35.5. The van der Waals surface area contributed by atoms with E-state index < -0.39 is 17.1 Å². The van der Waals surface area contributed by atoms with Gasteiger partial charge in [0.05, 0.1) is 12.0 Å². The molecule has 1 aliphatic heterocycles. The highest BCUT2D eigenvalue weighted by Gasteiger charge is 2.36. The van der Waals surface area contributed by atoms with Gasteiger partial charge in [-0.25, -0.2) is 0 Å². The van der Waals surface area contributed by atoms with Gasteiger partial charge in [-0.2, -0.15) is 0 Å². The van der Waals surface area contributed by atoms with Crippen LogP contribution >= 0.6 is 23.4 Å². The molecule has 0 aromatic heterocycles. The molecule has 0 atom stereocenters. The number of benzene rings is 3. The molecule has 0 bridgehead atoms. The number of halogens is 1. The molecule has 7 nitrogen and oxygen atoms in total. The van der Waals surface area contributed by atoms with E-state index in [2.05, 4.69) is 5.32 Å². The van der Waals surface area contributed by atoms with Crippen LogP contribution in [0, 0.1) is 13.8 Å². The molecule has 0 saturated carbocycles. The molecule has 0 radical (unpaired) electrons. The molecule has 190 valence electrons. The van der Waals surface area contributed by atoms with Crippen molar-refractivity contribution in [2.45, 2.75) is 20.5 Å². The van der Waals surface area contributed by atoms with E-state index in [-0.39, 0.29) is 18.1 Å². The fourth-order valence-electron chi connectivity index (χ4n) is 3.66. The average molecular weight is 537 g/mol. The third kappa shape index (κ3) is 6.34. The maximum atomic E-state index is 12.9. The molecule has 3 amide bonds. The summed E-state index contributed by atoms with van der Waals surface area (Å²) in [7, 11) is 1.52. The summed E-state index contributed by atoms with van der Waals surface area (Å²) in [5.41, 5.74) is 4.02. The lowest BCUT2D eigenvalue weighted by Gasteiger charge is -2.14. The van der Waals surface area contributed by atoms with Crippen molar-refractivity contribution in [3.8, 4) is 11.5 Å². The van der Waals surface area contributed by atoms with Crippen molar-refractivity contribution in [2.75, 3.05) is 19.0 Å². The first-order chi connectivity index (χ1) is 17.7. The molecule has 37 heavy (non-hydrogen) atoms. The van der Waals surface area contributed by atoms with Gasteiger partial charge in [0.25, 0.3) is 11.1 Å². The molecule has 1 N–H and O–H groups in total. The molecule has 0 aliphatic carbocycles. The molecule has 0 unspecified atom stereocenters. The number of aryl methyl sites for hydroxylation is 2. The van der Waals surface area contributed by atoms with Gasteiger partial charge in [-0.3, -0.25) is 19.3 Å². The van der Waals surface area contributed by atoms with E-state index in [1.807, 2.05) is 50.2 Å². The number of thioether (sulfide) groups is 1.